The zero-order valence-corrected chi connectivity index (χ0v) is 11.7. The van der Waals surface area contributed by atoms with Gasteiger partial charge in [-0.15, -0.1) is 0 Å². The van der Waals surface area contributed by atoms with Gasteiger partial charge in [-0.25, -0.2) is 0 Å². The second-order valence-corrected chi connectivity index (χ2v) is 5.20. The van der Waals surface area contributed by atoms with Crippen molar-refractivity contribution < 1.29 is 9.90 Å². The number of hydrogen-bond acceptors (Lipinski definition) is 3. The molecule has 0 bridgehead atoms. The zero-order valence-electron chi connectivity index (χ0n) is 9.58. The maximum absolute atomic E-state index is 10.9. The van der Waals surface area contributed by atoms with Gasteiger partial charge in [0, 0.05) is 16.2 Å². The number of pyridine rings is 1. The van der Waals surface area contributed by atoms with E-state index in [1.807, 2.05) is 18.2 Å². The highest BCUT2D eigenvalue weighted by Crippen LogP contribution is 2.31. The number of aldehydes is 1. The third-order valence-electron chi connectivity index (χ3n) is 2.77. The van der Waals surface area contributed by atoms with Crippen molar-refractivity contribution in [1.82, 2.24) is 4.98 Å². The van der Waals surface area contributed by atoms with Crippen molar-refractivity contribution in [2.45, 2.75) is 12.0 Å². The smallest absolute Gasteiger partial charge is 0.138 e. The predicted octanol–water partition coefficient (Wildman–Crippen LogP) is 2.51. The lowest BCUT2D eigenvalue weighted by Gasteiger charge is -2.26. The molecule has 0 radical (unpaired) electrons. The van der Waals surface area contributed by atoms with Gasteiger partial charge in [-0.1, -0.05) is 18.2 Å². The van der Waals surface area contributed by atoms with E-state index in [9.17, 15) is 9.90 Å². The number of rotatable bonds is 4. The number of carbonyl (C=O) groups excluding carboxylic acids is 1. The molecule has 0 saturated carbocycles. The molecule has 2 rings (SSSR count). The number of hydrogen-bond donors (Lipinski definition) is 1. The van der Waals surface area contributed by atoms with Crippen LogP contribution in [0.4, 0.5) is 0 Å². The van der Waals surface area contributed by atoms with E-state index in [4.69, 9.17) is 0 Å². The minimum atomic E-state index is -1.36. The normalized spacial score (nSPS) is 13.9. The SMILES string of the molecule is O=CCC(O)(c1cccc(I)c1)c1ccccn1. The molecule has 0 saturated heterocycles. The maximum Gasteiger partial charge on any atom is 0.138 e. The van der Waals surface area contributed by atoms with Crippen molar-refractivity contribution in [2.75, 3.05) is 0 Å². The standard InChI is InChI=1S/C14H12INO2/c15-12-5-3-4-11(10-12)14(18,7-9-17)13-6-1-2-8-16-13/h1-6,8-10,18H,7H2. The van der Waals surface area contributed by atoms with Gasteiger partial charge in [0.15, 0.2) is 0 Å². The van der Waals surface area contributed by atoms with Crippen LogP contribution in [0.25, 0.3) is 0 Å². The molecule has 1 aromatic heterocycles. The molecule has 0 amide bonds. The van der Waals surface area contributed by atoms with Gasteiger partial charge >= 0.3 is 0 Å². The maximum atomic E-state index is 10.9. The molecule has 1 unspecified atom stereocenters. The minimum absolute atomic E-state index is 0.00981. The average molecular weight is 353 g/mol. The van der Waals surface area contributed by atoms with Crippen molar-refractivity contribution in [1.29, 1.82) is 0 Å². The zero-order chi connectivity index (χ0) is 13.0. The second-order valence-electron chi connectivity index (χ2n) is 3.96. The van der Waals surface area contributed by atoms with E-state index < -0.39 is 5.60 Å². The summed E-state index contributed by atoms with van der Waals surface area (Å²) in [5.41, 5.74) is -0.191. The Bertz CT molecular complexity index is 545. The van der Waals surface area contributed by atoms with E-state index in [1.165, 1.54) is 0 Å². The van der Waals surface area contributed by atoms with Crippen molar-refractivity contribution in [3.05, 3.63) is 63.5 Å². The fourth-order valence-electron chi connectivity index (χ4n) is 1.84. The predicted molar refractivity (Wildman–Crippen MR) is 77.1 cm³/mol. The average Bonchev–Trinajstić information content (AvgIpc) is 2.40. The van der Waals surface area contributed by atoms with Gasteiger partial charge in [0.25, 0.3) is 0 Å². The number of aromatic nitrogens is 1. The molecule has 1 N–H and O–H groups in total. The molecule has 0 aliphatic heterocycles. The van der Waals surface area contributed by atoms with Crippen LogP contribution in [-0.2, 0) is 10.4 Å². The monoisotopic (exact) mass is 353 g/mol. The number of halogens is 1. The van der Waals surface area contributed by atoms with Crippen LogP contribution in [0.2, 0.25) is 0 Å². The van der Waals surface area contributed by atoms with Crippen molar-refractivity contribution in [3.8, 4) is 0 Å². The molecule has 18 heavy (non-hydrogen) atoms. The summed E-state index contributed by atoms with van der Waals surface area (Å²) >= 11 is 2.17. The van der Waals surface area contributed by atoms with E-state index in [2.05, 4.69) is 27.6 Å². The minimum Gasteiger partial charge on any atom is -0.378 e. The molecular formula is C14H12INO2. The summed E-state index contributed by atoms with van der Waals surface area (Å²) in [6.45, 7) is 0. The summed E-state index contributed by atoms with van der Waals surface area (Å²) in [4.78, 5) is 15.0. The molecule has 0 aliphatic rings. The summed E-state index contributed by atoms with van der Waals surface area (Å²) in [5, 5.41) is 10.8. The van der Waals surface area contributed by atoms with Gasteiger partial charge in [-0.05, 0) is 52.4 Å². The number of nitrogens with zero attached hydrogens (tertiary/aromatic N) is 1. The van der Waals surface area contributed by atoms with Crippen molar-refractivity contribution in [2.24, 2.45) is 0 Å². The lowest BCUT2D eigenvalue weighted by Crippen LogP contribution is -2.29. The third kappa shape index (κ3) is 2.59. The highest BCUT2D eigenvalue weighted by molar-refractivity contribution is 14.1. The molecule has 0 aliphatic carbocycles. The van der Waals surface area contributed by atoms with Crippen molar-refractivity contribution >= 4 is 28.9 Å². The summed E-state index contributed by atoms with van der Waals surface area (Å²) in [7, 11) is 0. The lowest BCUT2D eigenvalue weighted by atomic mass is 9.87. The molecule has 92 valence electrons. The summed E-state index contributed by atoms with van der Waals surface area (Å²) in [6.07, 6.45) is 2.32. The second kappa shape index (κ2) is 5.58. The quantitative estimate of drug-likeness (QED) is 0.679. The van der Waals surface area contributed by atoms with Gasteiger partial charge in [0.2, 0.25) is 0 Å². The Hall–Kier alpha value is -1.27. The Labute approximate surface area is 119 Å². The molecule has 1 atom stereocenters. The highest BCUT2D eigenvalue weighted by Gasteiger charge is 2.32. The van der Waals surface area contributed by atoms with Crippen LogP contribution in [0, 0.1) is 3.57 Å². The van der Waals surface area contributed by atoms with Crippen LogP contribution in [0.1, 0.15) is 17.7 Å². The van der Waals surface area contributed by atoms with Gasteiger partial charge < -0.3 is 9.90 Å². The summed E-state index contributed by atoms with van der Waals surface area (Å²) in [5.74, 6) is 0. The molecule has 2 aromatic rings. The number of aliphatic hydroxyl groups is 1. The van der Waals surface area contributed by atoms with E-state index >= 15 is 0 Å². The van der Waals surface area contributed by atoms with Gasteiger partial charge in [-0.2, -0.15) is 0 Å². The Morgan fingerprint density at radius 1 is 1.28 bits per heavy atom. The summed E-state index contributed by atoms with van der Waals surface area (Å²) < 4.78 is 1.00. The first-order valence-electron chi connectivity index (χ1n) is 5.50. The molecule has 0 spiro atoms. The Morgan fingerprint density at radius 2 is 2.11 bits per heavy atom. The van der Waals surface area contributed by atoms with Crippen LogP contribution in [0.3, 0.4) is 0 Å². The first kappa shape index (κ1) is 13.2. The van der Waals surface area contributed by atoms with E-state index in [0.29, 0.717) is 17.5 Å². The van der Waals surface area contributed by atoms with Gasteiger partial charge in [0.1, 0.15) is 11.9 Å². The molecular weight excluding hydrogens is 341 g/mol. The molecule has 0 fully saturated rings. The number of benzene rings is 1. The fourth-order valence-corrected chi connectivity index (χ4v) is 2.39. The van der Waals surface area contributed by atoms with E-state index in [-0.39, 0.29) is 6.42 Å². The van der Waals surface area contributed by atoms with Crippen LogP contribution in [0.15, 0.2) is 48.7 Å². The van der Waals surface area contributed by atoms with Crippen molar-refractivity contribution in [3.63, 3.8) is 0 Å². The van der Waals surface area contributed by atoms with Crippen LogP contribution in [-0.4, -0.2) is 16.4 Å². The van der Waals surface area contributed by atoms with Gasteiger partial charge in [0.05, 0.1) is 5.69 Å². The Kier molecular flexibility index (Phi) is 4.08. The Morgan fingerprint density at radius 3 is 2.72 bits per heavy atom. The fraction of sp³-hybridized carbons (Fsp3) is 0.143. The van der Waals surface area contributed by atoms with Gasteiger partial charge in [-0.3, -0.25) is 4.98 Å². The van der Waals surface area contributed by atoms with Crippen LogP contribution < -0.4 is 0 Å². The third-order valence-corrected chi connectivity index (χ3v) is 3.44. The summed E-state index contributed by atoms with van der Waals surface area (Å²) in [6, 6.07) is 12.8. The van der Waals surface area contributed by atoms with E-state index in [0.717, 1.165) is 3.57 Å². The Balaban J connectivity index is 2.54. The molecule has 1 aromatic carbocycles. The van der Waals surface area contributed by atoms with Crippen LogP contribution >= 0.6 is 22.6 Å². The first-order chi connectivity index (χ1) is 8.66. The molecule has 1 heterocycles. The topological polar surface area (TPSA) is 50.2 Å². The molecule has 3 nitrogen and oxygen atoms in total. The largest absolute Gasteiger partial charge is 0.378 e. The van der Waals surface area contributed by atoms with E-state index in [1.54, 1.807) is 30.5 Å². The molecule has 4 heteroatoms. The number of carbonyl (C=O) groups is 1. The van der Waals surface area contributed by atoms with Crippen LogP contribution in [0.5, 0.6) is 0 Å². The first-order valence-corrected chi connectivity index (χ1v) is 6.58. The highest BCUT2D eigenvalue weighted by atomic mass is 127. The lowest BCUT2D eigenvalue weighted by molar-refractivity contribution is -0.111.